The average molecular weight is 175 g/mol. The first-order valence-electron chi connectivity index (χ1n) is 3.91. The molecule has 0 unspecified atom stereocenters. The lowest BCUT2D eigenvalue weighted by Crippen LogP contribution is -1.73. The van der Waals surface area contributed by atoms with E-state index in [-0.39, 0.29) is 5.88 Å². The predicted molar refractivity (Wildman–Crippen MR) is 49.5 cm³/mol. The molecule has 2 rings (SSSR count). The molecule has 4 nitrogen and oxygen atoms in total. The summed E-state index contributed by atoms with van der Waals surface area (Å²) in [6, 6.07) is 5.64. The Morgan fingerprint density at radius 2 is 2.23 bits per heavy atom. The number of aromatic hydroxyl groups is 1. The van der Waals surface area contributed by atoms with Gasteiger partial charge < -0.3 is 10.1 Å². The Hall–Kier alpha value is -1.84. The minimum absolute atomic E-state index is 0.0423. The quantitative estimate of drug-likeness (QED) is 0.573. The van der Waals surface area contributed by atoms with E-state index >= 15 is 0 Å². The first kappa shape index (κ1) is 7.79. The fourth-order valence-electron chi connectivity index (χ4n) is 1.45. The van der Waals surface area contributed by atoms with Crippen LogP contribution in [0.5, 0.6) is 5.88 Å². The molecule has 0 spiro atoms. The van der Waals surface area contributed by atoms with Crippen LogP contribution in [0.1, 0.15) is 5.56 Å². The largest absolute Gasteiger partial charge is 0.493 e. The van der Waals surface area contributed by atoms with Gasteiger partial charge in [0.2, 0.25) is 5.88 Å². The number of nitrogens with zero attached hydrogens (tertiary/aromatic N) is 1. The first-order valence-corrected chi connectivity index (χ1v) is 3.91. The monoisotopic (exact) mass is 175 g/mol. The molecule has 66 valence electrons. The molecule has 0 amide bonds. The summed E-state index contributed by atoms with van der Waals surface area (Å²) in [5.74, 6) is -0.0423. The minimum atomic E-state index is -0.0423. The van der Waals surface area contributed by atoms with Gasteiger partial charge in [-0.1, -0.05) is 18.2 Å². The average Bonchev–Trinajstić information content (AvgIpc) is 2.43. The molecular formula is C9H9N3O. The third-order valence-electron chi connectivity index (χ3n) is 2.11. The lowest BCUT2D eigenvalue weighted by atomic mass is 10.1. The highest BCUT2D eigenvalue weighted by molar-refractivity contribution is 5.95. The second-order valence-electron chi connectivity index (χ2n) is 2.93. The summed E-state index contributed by atoms with van der Waals surface area (Å²) >= 11 is 0. The Bertz CT molecular complexity index is 473. The Morgan fingerprint density at radius 1 is 1.46 bits per heavy atom. The normalized spacial score (nSPS) is 10.5. The summed E-state index contributed by atoms with van der Waals surface area (Å²) in [4.78, 5) is 2.79. The number of H-pyrrole nitrogens is 1. The molecule has 1 heterocycles. The maximum absolute atomic E-state index is 9.39. The van der Waals surface area contributed by atoms with Gasteiger partial charge in [-0.2, -0.15) is 5.11 Å². The van der Waals surface area contributed by atoms with Crippen molar-refractivity contribution in [3.05, 3.63) is 23.8 Å². The number of rotatable bonds is 1. The zero-order valence-corrected chi connectivity index (χ0v) is 7.13. The smallest absolute Gasteiger partial charge is 0.218 e. The molecule has 0 bridgehead atoms. The van der Waals surface area contributed by atoms with E-state index in [2.05, 4.69) is 10.1 Å². The van der Waals surface area contributed by atoms with Crippen LogP contribution in [0.4, 0.5) is 5.69 Å². The van der Waals surface area contributed by atoms with Gasteiger partial charge in [-0.25, -0.2) is 5.53 Å². The van der Waals surface area contributed by atoms with Gasteiger partial charge in [0.05, 0.1) is 5.52 Å². The van der Waals surface area contributed by atoms with Gasteiger partial charge in [0.25, 0.3) is 0 Å². The number of aromatic nitrogens is 1. The Labute approximate surface area is 74.7 Å². The maximum atomic E-state index is 9.39. The van der Waals surface area contributed by atoms with Gasteiger partial charge in [0.1, 0.15) is 0 Å². The van der Waals surface area contributed by atoms with E-state index in [0.717, 1.165) is 16.5 Å². The molecule has 4 heteroatoms. The van der Waals surface area contributed by atoms with Crippen molar-refractivity contribution in [2.24, 2.45) is 5.11 Å². The molecule has 0 atom stereocenters. The van der Waals surface area contributed by atoms with Crippen molar-refractivity contribution in [2.75, 3.05) is 0 Å². The van der Waals surface area contributed by atoms with Gasteiger partial charge in [-0.15, -0.1) is 0 Å². The molecular weight excluding hydrogens is 166 g/mol. The summed E-state index contributed by atoms with van der Waals surface area (Å²) in [5.41, 5.74) is 9.07. The molecule has 0 aliphatic rings. The number of benzene rings is 1. The van der Waals surface area contributed by atoms with Crippen molar-refractivity contribution in [1.29, 1.82) is 5.53 Å². The van der Waals surface area contributed by atoms with E-state index in [1.165, 1.54) is 0 Å². The molecule has 3 N–H and O–H groups in total. The molecule has 0 fully saturated rings. The highest BCUT2D eigenvalue weighted by Gasteiger charge is 2.10. The summed E-state index contributed by atoms with van der Waals surface area (Å²) in [6.45, 7) is 1.94. The lowest BCUT2D eigenvalue weighted by Gasteiger charge is -1.93. The topological polar surface area (TPSA) is 72.2 Å². The third kappa shape index (κ3) is 0.989. The van der Waals surface area contributed by atoms with Crippen molar-refractivity contribution in [3.8, 4) is 5.88 Å². The zero-order valence-electron chi connectivity index (χ0n) is 7.13. The van der Waals surface area contributed by atoms with Gasteiger partial charge in [0.15, 0.2) is 5.69 Å². The number of fused-ring (bicyclic) bond motifs is 1. The van der Waals surface area contributed by atoms with E-state index in [9.17, 15) is 5.11 Å². The molecule has 0 radical (unpaired) electrons. The van der Waals surface area contributed by atoms with Gasteiger partial charge >= 0.3 is 0 Å². The maximum Gasteiger partial charge on any atom is 0.218 e. The fraction of sp³-hybridized carbons (Fsp3) is 0.111. The summed E-state index contributed by atoms with van der Waals surface area (Å²) in [6.07, 6.45) is 0. The van der Waals surface area contributed by atoms with E-state index in [1.807, 2.05) is 25.1 Å². The van der Waals surface area contributed by atoms with Crippen molar-refractivity contribution < 1.29 is 5.11 Å². The molecule has 1 aromatic carbocycles. The molecule has 2 aromatic rings. The molecule has 0 aliphatic heterocycles. The van der Waals surface area contributed by atoms with Crippen LogP contribution in [0, 0.1) is 12.5 Å². The van der Waals surface area contributed by atoms with E-state index in [0.29, 0.717) is 5.69 Å². The third-order valence-corrected chi connectivity index (χ3v) is 2.11. The van der Waals surface area contributed by atoms with Gasteiger partial charge in [-0.05, 0) is 12.5 Å². The summed E-state index contributed by atoms with van der Waals surface area (Å²) in [5, 5.41) is 13.4. The van der Waals surface area contributed by atoms with E-state index < -0.39 is 0 Å². The lowest BCUT2D eigenvalue weighted by molar-refractivity contribution is 0.459. The minimum Gasteiger partial charge on any atom is -0.493 e. The number of para-hydroxylation sites is 1. The van der Waals surface area contributed by atoms with Crippen molar-refractivity contribution >= 4 is 16.6 Å². The van der Waals surface area contributed by atoms with Crippen LogP contribution in [-0.4, -0.2) is 10.1 Å². The second-order valence-corrected chi connectivity index (χ2v) is 2.93. The number of hydrogen-bond acceptors (Lipinski definition) is 3. The van der Waals surface area contributed by atoms with Crippen LogP contribution in [0.15, 0.2) is 23.3 Å². The first-order chi connectivity index (χ1) is 6.24. The highest BCUT2D eigenvalue weighted by Crippen LogP contribution is 2.35. The van der Waals surface area contributed by atoms with Crippen LogP contribution in [0.25, 0.3) is 10.9 Å². The molecule has 0 saturated carbocycles. The summed E-state index contributed by atoms with van der Waals surface area (Å²) < 4.78 is 0. The zero-order chi connectivity index (χ0) is 9.42. The number of aryl methyl sites for hydroxylation is 1. The summed E-state index contributed by atoms with van der Waals surface area (Å²) in [7, 11) is 0. The SMILES string of the molecule is Cc1cccc2c(N=N)c(O)[nH]c12. The highest BCUT2D eigenvalue weighted by atomic mass is 16.3. The number of aromatic amines is 1. The molecule has 0 aliphatic carbocycles. The standard InChI is InChI=1S/C9H9N3O/c1-5-3-2-4-6-7(5)11-9(13)8(6)12-10/h2-4,10-11,13H,1H3. The number of hydrogen-bond donors (Lipinski definition) is 3. The van der Waals surface area contributed by atoms with Crippen molar-refractivity contribution in [3.63, 3.8) is 0 Å². The van der Waals surface area contributed by atoms with Gasteiger partial charge in [-0.3, -0.25) is 0 Å². The van der Waals surface area contributed by atoms with E-state index in [1.54, 1.807) is 0 Å². The Kier molecular flexibility index (Phi) is 1.55. The predicted octanol–water partition coefficient (Wildman–Crippen LogP) is 2.84. The second kappa shape index (κ2) is 2.58. The van der Waals surface area contributed by atoms with Crippen LogP contribution in [0.2, 0.25) is 0 Å². The van der Waals surface area contributed by atoms with Crippen LogP contribution in [-0.2, 0) is 0 Å². The van der Waals surface area contributed by atoms with Gasteiger partial charge in [0, 0.05) is 5.39 Å². The van der Waals surface area contributed by atoms with Crippen molar-refractivity contribution in [1.82, 2.24) is 4.98 Å². The van der Waals surface area contributed by atoms with Crippen LogP contribution in [0.3, 0.4) is 0 Å². The van der Waals surface area contributed by atoms with E-state index in [4.69, 9.17) is 5.53 Å². The Morgan fingerprint density at radius 3 is 2.92 bits per heavy atom. The molecule has 0 saturated heterocycles. The fourth-order valence-corrected chi connectivity index (χ4v) is 1.45. The van der Waals surface area contributed by atoms with Crippen LogP contribution < -0.4 is 0 Å². The Balaban J connectivity index is 2.93. The molecule has 1 aromatic heterocycles. The van der Waals surface area contributed by atoms with Crippen LogP contribution >= 0.6 is 0 Å². The van der Waals surface area contributed by atoms with Crippen molar-refractivity contribution in [2.45, 2.75) is 6.92 Å². The number of nitrogens with one attached hydrogen (secondary N) is 2. The molecule has 13 heavy (non-hydrogen) atoms.